The van der Waals surface area contributed by atoms with E-state index in [4.69, 9.17) is 15.1 Å². The molecule has 2 N–H and O–H groups in total. The minimum atomic E-state index is 0.580. The average Bonchev–Trinajstić information content (AvgIpc) is 2.76. The predicted octanol–water partition coefficient (Wildman–Crippen LogP) is 3.93. The highest BCUT2D eigenvalue weighted by molar-refractivity contribution is 9.10. The number of nitrogens with two attached hydrogens (primary N) is 1. The lowest BCUT2D eigenvalue weighted by Gasteiger charge is -2.04. The van der Waals surface area contributed by atoms with Gasteiger partial charge in [0.05, 0.1) is 5.69 Å². The van der Waals surface area contributed by atoms with Gasteiger partial charge in [0.2, 0.25) is 0 Å². The fraction of sp³-hybridized carbons (Fsp3) is 0.533. The van der Waals surface area contributed by atoms with E-state index in [-0.39, 0.29) is 0 Å². The number of oxazole rings is 1. The molecule has 0 radical (unpaired) electrons. The van der Waals surface area contributed by atoms with Crippen molar-refractivity contribution < 1.29 is 4.42 Å². The van der Waals surface area contributed by atoms with Gasteiger partial charge < -0.3 is 10.2 Å². The maximum atomic E-state index is 6.01. The van der Waals surface area contributed by atoms with Crippen molar-refractivity contribution in [3.63, 3.8) is 0 Å². The Morgan fingerprint density at radius 3 is 2.68 bits per heavy atom. The molecule has 1 aromatic heterocycles. The summed E-state index contributed by atoms with van der Waals surface area (Å²) in [6, 6.07) is 3.88. The van der Waals surface area contributed by atoms with Crippen molar-refractivity contribution in [2.24, 2.45) is 23.7 Å². The third-order valence-corrected chi connectivity index (χ3v) is 5.98. The predicted molar refractivity (Wildman–Crippen MR) is 76.7 cm³/mol. The number of hydrogen-bond donors (Lipinski definition) is 1. The van der Waals surface area contributed by atoms with Crippen molar-refractivity contribution in [1.29, 1.82) is 0 Å². The smallest absolute Gasteiger partial charge is 0.199 e. The molecule has 4 unspecified atom stereocenters. The molecule has 3 aliphatic rings. The summed E-state index contributed by atoms with van der Waals surface area (Å²) in [5, 5.41) is 0. The van der Waals surface area contributed by atoms with Crippen molar-refractivity contribution in [3.05, 3.63) is 22.5 Å². The number of anilines is 1. The quantitative estimate of drug-likeness (QED) is 0.810. The van der Waals surface area contributed by atoms with Crippen LogP contribution in [0.4, 0.5) is 5.69 Å². The van der Waals surface area contributed by atoms with E-state index in [2.05, 4.69) is 15.9 Å². The van der Waals surface area contributed by atoms with Crippen LogP contribution in [-0.4, -0.2) is 4.98 Å². The highest BCUT2D eigenvalue weighted by Crippen LogP contribution is 2.73. The second-order valence-electron chi connectivity index (χ2n) is 6.41. The fourth-order valence-electron chi connectivity index (χ4n) is 4.84. The number of halogens is 1. The molecular weight excluding hydrogens is 304 g/mol. The van der Waals surface area contributed by atoms with Crippen LogP contribution in [0.1, 0.15) is 31.1 Å². The molecule has 0 amide bonds. The molecule has 2 bridgehead atoms. The molecule has 3 fully saturated rings. The number of benzene rings is 1. The topological polar surface area (TPSA) is 52.0 Å². The molecule has 1 aromatic carbocycles. The Bertz CT molecular complexity index is 679. The summed E-state index contributed by atoms with van der Waals surface area (Å²) in [5.41, 5.74) is 8.34. The maximum absolute atomic E-state index is 6.01. The minimum Gasteiger partial charge on any atom is -0.438 e. The highest BCUT2D eigenvalue weighted by atomic mass is 79.9. The maximum Gasteiger partial charge on any atom is 0.199 e. The fourth-order valence-corrected chi connectivity index (χ4v) is 5.30. The van der Waals surface area contributed by atoms with Gasteiger partial charge in [-0.05, 0) is 55.1 Å². The number of hydrogen-bond acceptors (Lipinski definition) is 3. The summed E-state index contributed by atoms with van der Waals surface area (Å²) in [4.78, 5) is 4.70. The Hall–Kier alpha value is -1.03. The number of nitrogen functional groups attached to an aromatic ring is 1. The highest BCUT2D eigenvalue weighted by Gasteiger charge is 2.67. The van der Waals surface area contributed by atoms with Gasteiger partial charge >= 0.3 is 0 Å². The van der Waals surface area contributed by atoms with Crippen molar-refractivity contribution >= 4 is 32.7 Å². The lowest BCUT2D eigenvalue weighted by atomic mass is 10.0. The summed E-state index contributed by atoms with van der Waals surface area (Å²) in [6.07, 6.45) is 4.31. The van der Waals surface area contributed by atoms with E-state index in [1.165, 1.54) is 19.3 Å². The Morgan fingerprint density at radius 1 is 1.21 bits per heavy atom. The molecule has 4 atom stereocenters. The van der Waals surface area contributed by atoms with Crippen LogP contribution in [-0.2, 0) is 0 Å². The lowest BCUT2D eigenvalue weighted by molar-refractivity contribution is 0.447. The van der Waals surface area contributed by atoms with Crippen molar-refractivity contribution in [3.8, 4) is 0 Å². The molecule has 0 saturated heterocycles. The Balaban J connectivity index is 1.59. The average molecular weight is 319 g/mol. The number of aromatic nitrogens is 1. The first kappa shape index (κ1) is 10.7. The summed E-state index contributed by atoms with van der Waals surface area (Å²) < 4.78 is 6.95. The zero-order valence-electron chi connectivity index (χ0n) is 10.5. The van der Waals surface area contributed by atoms with Crippen molar-refractivity contribution in [2.75, 3.05) is 5.73 Å². The van der Waals surface area contributed by atoms with E-state index in [0.29, 0.717) is 11.6 Å². The van der Waals surface area contributed by atoms with Crippen LogP contribution in [0.2, 0.25) is 0 Å². The summed E-state index contributed by atoms with van der Waals surface area (Å²) in [6.45, 7) is 0. The second kappa shape index (κ2) is 3.35. The van der Waals surface area contributed by atoms with Crippen LogP contribution >= 0.6 is 15.9 Å². The van der Waals surface area contributed by atoms with Gasteiger partial charge in [-0.1, -0.05) is 15.9 Å². The van der Waals surface area contributed by atoms with E-state index in [9.17, 15) is 0 Å². The van der Waals surface area contributed by atoms with Crippen molar-refractivity contribution in [2.45, 2.75) is 25.2 Å². The van der Waals surface area contributed by atoms with Crippen LogP contribution in [0.15, 0.2) is 21.0 Å². The van der Waals surface area contributed by atoms with Crippen LogP contribution in [0.3, 0.4) is 0 Å². The van der Waals surface area contributed by atoms with Gasteiger partial charge in [0.1, 0.15) is 5.52 Å². The Kier molecular flexibility index (Phi) is 1.89. The zero-order chi connectivity index (χ0) is 12.7. The van der Waals surface area contributed by atoms with Crippen LogP contribution < -0.4 is 5.73 Å². The van der Waals surface area contributed by atoms with Crippen LogP contribution in [0, 0.1) is 23.7 Å². The standard InChI is InChI=1S/C15H15BrN2O/c16-8-4-9(17)14-10(5-8)18-15(19-14)13-11-6-1-2-7(3-6)12(11)13/h4-7,11-13H,1-3,17H2. The monoisotopic (exact) mass is 318 g/mol. The largest absolute Gasteiger partial charge is 0.438 e. The molecule has 0 spiro atoms. The molecule has 3 nitrogen and oxygen atoms in total. The SMILES string of the molecule is Nc1cc(Br)cc2nc(C3C4C5CCC(C5)C34)oc12. The Labute approximate surface area is 119 Å². The van der Waals surface area contributed by atoms with Crippen molar-refractivity contribution in [1.82, 2.24) is 4.98 Å². The van der Waals surface area contributed by atoms with Gasteiger partial charge in [0.25, 0.3) is 0 Å². The number of nitrogens with zero attached hydrogens (tertiary/aromatic N) is 1. The van der Waals surface area contributed by atoms with Gasteiger partial charge in [-0.3, -0.25) is 0 Å². The van der Waals surface area contributed by atoms with Gasteiger partial charge in [-0.2, -0.15) is 0 Å². The van der Waals surface area contributed by atoms with E-state index in [1.54, 1.807) is 0 Å². The lowest BCUT2D eigenvalue weighted by Crippen LogP contribution is -1.97. The molecule has 5 rings (SSSR count). The molecule has 98 valence electrons. The van der Waals surface area contributed by atoms with Gasteiger partial charge in [-0.15, -0.1) is 0 Å². The third-order valence-electron chi connectivity index (χ3n) is 5.52. The molecule has 3 aliphatic carbocycles. The summed E-state index contributed by atoms with van der Waals surface area (Å²) in [5.74, 6) is 5.12. The Morgan fingerprint density at radius 2 is 1.95 bits per heavy atom. The van der Waals surface area contributed by atoms with E-state index < -0.39 is 0 Å². The summed E-state index contributed by atoms with van der Waals surface area (Å²) >= 11 is 3.46. The van der Waals surface area contributed by atoms with E-state index in [0.717, 1.165) is 45.1 Å². The number of rotatable bonds is 1. The van der Waals surface area contributed by atoms with Crippen LogP contribution in [0.5, 0.6) is 0 Å². The van der Waals surface area contributed by atoms with E-state index in [1.807, 2.05) is 12.1 Å². The first-order valence-corrected chi connectivity index (χ1v) is 7.87. The normalized spacial score (nSPS) is 38.9. The molecule has 1 heterocycles. The molecule has 0 aliphatic heterocycles. The number of fused-ring (bicyclic) bond motifs is 6. The molecule has 19 heavy (non-hydrogen) atoms. The first-order valence-electron chi connectivity index (χ1n) is 7.08. The van der Waals surface area contributed by atoms with E-state index >= 15 is 0 Å². The zero-order valence-corrected chi connectivity index (χ0v) is 12.1. The molecule has 2 aromatic rings. The molecule has 4 heteroatoms. The van der Waals surface area contributed by atoms with Gasteiger partial charge in [0.15, 0.2) is 11.5 Å². The van der Waals surface area contributed by atoms with Gasteiger partial charge in [-0.25, -0.2) is 4.98 Å². The van der Waals surface area contributed by atoms with Gasteiger partial charge in [0, 0.05) is 10.4 Å². The molecular formula is C15H15BrN2O. The molecule has 3 saturated carbocycles. The summed E-state index contributed by atoms with van der Waals surface area (Å²) in [7, 11) is 0. The minimum absolute atomic E-state index is 0.580. The first-order chi connectivity index (χ1) is 9.22. The third kappa shape index (κ3) is 1.31. The van der Waals surface area contributed by atoms with Crippen LogP contribution in [0.25, 0.3) is 11.1 Å². The second-order valence-corrected chi connectivity index (χ2v) is 7.32.